The minimum absolute atomic E-state index is 0.291. The number of amides is 1. The number of nitrogens with zero attached hydrogens (tertiary/aromatic N) is 2. The number of aliphatic imine (C=N–C) groups is 1. The number of carbonyl (C=O) groups excluding carboxylic acids is 1. The number of hydrogen-bond acceptors (Lipinski definition) is 4. The van der Waals surface area contributed by atoms with Gasteiger partial charge >= 0.3 is 0 Å². The number of anilines is 1. The molecule has 1 fully saturated rings. The van der Waals surface area contributed by atoms with Crippen molar-refractivity contribution in [3.63, 3.8) is 0 Å². The fraction of sp³-hybridized carbons (Fsp3) is 0.636. The van der Waals surface area contributed by atoms with Gasteiger partial charge in [0.05, 0.1) is 6.61 Å². The van der Waals surface area contributed by atoms with Crippen LogP contribution in [0.15, 0.2) is 29.3 Å². The summed E-state index contributed by atoms with van der Waals surface area (Å²) in [5.41, 5.74) is 0.927. The summed E-state index contributed by atoms with van der Waals surface area (Å²) in [5.74, 6) is 1.85. The van der Waals surface area contributed by atoms with E-state index in [0.717, 1.165) is 69.1 Å². The van der Waals surface area contributed by atoms with Crippen LogP contribution in [-0.2, 0) is 9.53 Å². The van der Waals surface area contributed by atoms with Gasteiger partial charge in [0, 0.05) is 64.5 Å². The van der Waals surface area contributed by atoms with E-state index in [4.69, 9.17) is 9.47 Å². The molecule has 1 amide bonds. The van der Waals surface area contributed by atoms with Crippen LogP contribution < -0.4 is 15.4 Å². The van der Waals surface area contributed by atoms with Gasteiger partial charge in [-0.25, -0.2) is 0 Å². The van der Waals surface area contributed by atoms with Crippen LogP contribution >= 0.6 is 0 Å². The van der Waals surface area contributed by atoms with E-state index in [9.17, 15) is 4.79 Å². The van der Waals surface area contributed by atoms with Crippen LogP contribution in [0.25, 0.3) is 0 Å². The Morgan fingerprint density at radius 1 is 1.21 bits per heavy atom. The molecular formula is C22H36N4O3. The predicted molar refractivity (Wildman–Crippen MR) is 118 cm³/mol. The molecule has 1 aliphatic heterocycles. The highest BCUT2D eigenvalue weighted by Crippen LogP contribution is 2.17. The van der Waals surface area contributed by atoms with Gasteiger partial charge in [0.25, 0.3) is 0 Å². The maximum absolute atomic E-state index is 12.1. The van der Waals surface area contributed by atoms with Gasteiger partial charge in [-0.15, -0.1) is 0 Å². The van der Waals surface area contributed by atoms with Crippen molar-refractivity contribution in [3.05, 3.63) is 24.3 Å². The predicted octanol–water partition coefficient (Wildman–Crippen LogP) is 3.27. The third kappa shape index (κ3) is 9.17. The highest BCUT2D eigenvalue weighted by molar-refractivity contribution is 5.93. The lowest BCUT2D eigenvalue weighted by Crippen LogP contribution is -2.32. The van der Waals surface area contributed by atoms with Gasteiger partial charge in [-0.05, 0) is 38.3 Å². The van der Waals surface area contributed by atoms with Crippen molar-refractivity contribution < 1.29 is 14.3 Å². The summed E-state index contributed by atoms with van der Waals surface area (Å²) in [7, 11) is 1.69. The van der Waals surface area contributed by atoms with Crippen LogP contribution in [0.3, 0.4) is 0 Å². The Labute approximate surface area is 174 Å². The van der Waals surface area contributed by atoms with E-state index in [-0.39, 0.29) is 0 Å². The van der Waals surface area contributed by atoms with Gasteiger partial charge in [0.2, 0.25) is 5.91 Å². The van der Waals surface area contributed by atoms with Gasteiger partial charge in [-0.3, -0.25) is 9.79 Å². The lowest BCUT2D eigenvalue weighted by molar-refractivity contribution is -0.130. The maximum atomic E-state index is 12.1. The van der Waals surface area contributed by atoms with E-state index in [1.807, 2.05) is 36.1 Å². The number of rotatable bonds is 11. The molecule has 1 aromatic carbocycles. The monoisotopic (exact) mass is 404 g/mol. The van der Waals surface area contributed by atoms with Gasteiger partial charge in [0.15, 0.2) is 5.96 Å². The molecule has 0 bridgehead atoms. The number of carbonyl (C=O) groups is 1. The van der Waals surface area contributed by atoms with Crippen molar-refractivity contribution in [1.29, 1.82) is 0 Å². The molecule has 1 saturated heterocycles. The first kappa shape index (κ1) is 23.0. The Kier molecular flexibility index (Phi) is 11.0. The topological polar surface area (TPSA) is 75.2 Å². The number of likely N-dealkylation sites (tertiary alicyclic amines) is 1. The van der Waals surface area contributed by atoms with Crippen LogP contribution in [0.2, 0.25) is 0 Å². The zero-order valence-electron chi connectivity index (χ0n) is 17.9. The molecule has 0 aromatic heterocycles. The summed E-state index contributed by atoms with van der Waals surface area (Å²) in [6.45, 7) is 6.49. The Bertz CT molecular complexity index is 636. The summed E-state index contributed by atoms with van der Waals surface area (Å²) in [5, 5.41) is 6.60. The third-order valence-corrected chi connectivity index (χ3v) is 4.73. The molecule has 1 aromatic rings. The number of benzene rings is 1. The fourth-order valence-corrected chi connectivity index (χ4v) is 3.23. The lowest BCUT2D eigenvalue weighted by atomic mass is 10.2. The molecule has 2 N–H and O–H groups in total. The van der Waals surface area contributed by atoms with Crippen LogP contribution in [0.1, 0.15) is 45.4 Å². The average molecular weight is 405 g/mol. The quantitative estimate of drug-likeness (QED) is 0.336. The molecule has 162 valence electrons. The van der Waals surface area contributed by atoms with Gasteiger partial charge in [-0.1, -0.05) is 12.5 Å². The summed E-state index contributed by atoms with van der Waals surface area (Å²) in [6, 6.07) is 7.86. The van der Waals surface area contributed by atoms with E-state index >= 15 is 0 Å². The van der Waals surface area contributed by atoms with Crippen molar-refractivity contribution >= 4 is 17.6 Å². The van der Waals surface area contributed by atoms with E-state index in [1.54, 1.807) is 7.11 Å². The maximum Gasteiger partial charge on any atom is 0.222 e. The molecule has 0 aliphatic carbocycles. The van der Waals surface area contributed by atoms with E-state index < -0.39 is 0 Å². The molecule has 7 nitrogen and oxygen atoms in total. The van der Waals surface area contributed by atoms with E-state index in [1.165, 1.54) is 0 Å². The van der Waals surface area contributed by atoms with Crippen LogP contribution in [-0.4, -0.2) is 63.3 Å². The van der Waals surface area contributed by atoms with Crippen LogP contribution in [0.5, 0.6) is 5.75 Å². The smallest absolute Gasteiger partial charge is 0.222 e. The van der Waals surface area contributed by atoms with Crippen molar-refractivity contribution in [2.24, 2.45) is 4.99 Å². The summed E-state index contributed by atoms with van der Waals surface area (Å²) >= 11 is 0. The number of hydrogen-bond donors (Lipinski definition) is 2. The Morgan fingerprint density at radius 3 is 2.93 bits per heavy atom. The Morgan fingerprint density at radius 2 is 2.10 bits per heavy atom. The summed E-state index contributed by atoms with van der Waals surface area (Å²) in [4.78, 5) is 18.7. The molecule has 0 unspecified atom stereocenters. The van der Waals surface area contributed by atoms with Crippen molar-refractivity contribution in [1.82, 2.24) is 10.2 Å². The third-order valence-electron chi connectivity index (χ3n) is 4.73. The van der Waals surface area contributed by atoms with E-state index in [0.29, 0.717) is 32.1 Å². The summed E-state index contributed by atoms with van der Waals surface area (Å²) in [6.07, 6.45) is 5.71. The number of ether oxygens (including phenoxy) is 2. The first-order chi connectivity index (χ1) is 14.2. The second kappa shape index (κ2) is 13.8. The molecule has 1 heterocycles. The zero-order chi connectivity index (χ0) is 20.7. The molecule has 29 heavy (non-hydrogen) atoms. The average Bonchev–Trinajstić information content (AvgIpc) is 2.93. The van der Waals surface area contributed by atoms with Crippen molar-refractivity contribution in [2.45, 2.75) is 45.4 Å². The SMILES string of the molecule is CCNC(=NCCCN1CCCCCC1=O)Nc1cccc(OCCCOC)c1. The number of methoxy groups -OCH3 is 1. The number of guanidine groups is 1. The molecule has 0 atom stereocenters. The number of nitrogens with one attached hydrogen (secondary N) is 2. The molecule has 0 radical (unpaired) electrons. The highest BCUT2D eigenvalue weighted by atomic mass is 16.5. The van der Waals surface area contributed by atoms with Gasteiger partial charge in [-0.2, -0.15) is 0 Å². The Hall–Kier alpha value is -2.28. The standard InChI is InChI=1S/C22H36N4O3/c1-3-23-22(24-13-8-15-26-14-6-4-5-12-21(26)27)25-19-10-7-11-20(18-19)29-17-9-16-28-2/h7,10-11,18H,3-6,8-9,12-17H2,1-2H3,(H2,23,24,25). The van der Waals surface area contributed by atoms with Gasteiger partial charge in [0.1, 0.15) is 5.75 Å². The van der Waals surface area contributed by atoms with Crippen LogP contribution in [0, 0.1) is 0 Å². The first-order valence-corrected chi connectivity index (χ1v) is 10.8. The second-order valence-corrected chi connectivity index (χ2v) is 7.15. The first-order valence-electron chi connectivity index (χ1n) is 10.8. The molecular weight excluding hydrogens is 368 g/mol. The lowest BCUT2D eigenvalue weighted by Gasteiger charge is -2.20. The minimum atomic E-state index is 0.291. The molecule has 0 saturated carbocycles. The van der Waals surface area contributed by atoms with Crippen molar-refractivity contribution in [2.75, 3.05) is 51.8 Å². The molecule has 2 rings (SSSR count). The Balaban J connectivity index is 1.82. The molecule has 1 aliphatic rings. The van der Waals surface area contributed by atoms with Gasteiger partial charge < -0.3 is 25.0 Å². The van der Waals surface area contributed by atoms with Crippen molar-refractivity contribution in [3.8, 4) is 5.75 Å². The minimum Gasteiger partial charge on any atom is -0.493 e. The molecule has 0 spiro atoms. The fourth-order valence-electron chi connectivity index (χ4n) is 3.23. The zero-order valence-corrected chi connectivity index (χ0v) is 17.9. The second-order valence-electron chi connectivity index (χ2n) is 7.15. The highest BCUT2D eigenvalue weighted by Gasteiger charge is 2.15. The van der Waals surface area contributed by atoms with Crippen LogP contribution in [0.4, 0.5) is 5.69 Å². The normalized spacial score (nSPS) is 15.2. The molecule has 7 heteroatoms. The summed E-state index contributed by atoms with van der Waals surface area (Å²) < 4.78 is 10.8. The largest absolute Gasteiger partial charge is 0.493 e. The van der Waals surface area contributed by atoms with E-state index in [2.05, 4.69) is 15.6 Å².